The van der Waals surface area contributed by atoms with Crippen LogP contribution in [-0.4, -0.2) is 45.3 Å². The number of amides is 2. The minimum atomic E-state index is -0.603. The van der Waals surface area contributed by atoms with E-state index in [2.05, 4.69) is 47.7 Å². The Balaban J connectivity index is 1.47. The second-order valence-corrected chi connectivity index (χ2v) is 11.1. The smallest absolute Gasteiger partial charge is 0.343 e. The van der Waals surface area contributed by atoms with Gasteiger partial charge in [-0.1, -0.05) is 33.6 Å². The highest BCUT2D eigenvalue weighted by molar-refractivity contribution is 9.11. The minimum absolute atomic E-state index is 0.197. The van der Waals surface area contributed by atoms with Crippen LogP contribution >= 0.6 is 43.5 Å². The molecule has 2 N–H and O–H groups in total. The topological polar surface area (TPSA) is 125 Å². The third kappa shape index (κ3) is 7.95. The second-order valence-electron chi connectivity index (χ2n) is 8.85. The van der Waals surface area contributed by atoms with Gasteiger partial charge in [-0.05, 0) is 82.7 Å². The monoisotopic (exact) mass is 743 g/mol. The van der Waals surface area contributed by atoms with Crippen molar-refractivity contribution in [2.24, 2.45) is 5.10 Å². The van der Waals surface area contributed by atoms with Crippen molar-refractivity contribution in [3.8, 4) is 23.0 Å². The molecule has 0 atom stereocenters. The highest BCUT2D eigenvalue weighted by atomic mass is 79.9. The quantitative estimate of drug-likeness (QED) is 0.0767. The molecule has 0 spiro atoms. The number of hydrogen-bond donors (Lipinski definition) is 2. The lowest BCUT2D eigenvalue weighted by molar-refractivity contribution is 0.0732. The summed E-state index contributed by atoms with van der Waals surface area (Å²) in [5, 5.41) is 7.29. The van der Waals surface area contributed by atoms with Crippen molar-refractivity contribution in [3.63, 3.8) is 0 Å². The number of nitrogens with one attached hydrogen (secondary N) is 2. The average Bonchev–Trinajstić information content (AvgIpc) is 3.02. The number of ether oxygens (including phenoxy) is 4. The number of esters is 1. The average molecular weight is 746 g/mol. The second kappa shape index (κ2) is 14.9. The Bertz CT molecular complexity index is 1720. The molecule has 226 valence electrons. The van der Waals surface area contributed by atoms with Crippen molar-refractivity contribution in [2.45, 2.75) is 0 Å². The predicted molar refractivity (Wildman–Crippen MR) is 174 cm³/mol. The Morgan fingerprint density at radius 1 is 0.773 bits per heavy atom. The number of nitrogens with zero attached hydrogens (tertiary/aromatic N) is 1. The van der Waals surface area contributed by atoms with Gasteiger partial charge in [0, 0.05) is 31.9 Å². The molecule has 0 unspecified atom stereocenters. The van der Waals surface area contributed by atoms with Crippen LogP contribution < -0.4 is 29.7 Å². The summed E-state index contributed by atoms with van der Waals surface area (Å²) in [6, 6.07) is 19.0. The van der Waals surface area contributed by atoms with Crippen molar-refractivity contribution in [1.29, 1.82) is 0 Å². The number of anilines is 1. The van der Waals surface area contributed by atoms with Gasteiger partial charge in [-0.3, -0.25) is 9.59 Å². The van der Waals surface area contributed by atoms with Gasteiger partial charge in [0.25, 0.3) is 11.8 Å². The zero-order valence-electron chi connectivity index (χ0n) is 23.4. The maximum Gasteiger partial charge on any atom is 0.343 e. The van der Waals surface area contributed by atoms with Gasteiger partial charge in [-0.15, -0.1) is 0 Å². The Morgan fingerprint density at radius 2 is 1.45 bits per heavy atom. The number of rotatable bonds is 10. The molecule has 0 bridgehead atoms. The molecule has 0 heterocycles. The van der Waals surface area contributed by atoms with Crippen molar-refractivity contribution in [2.75, 3.05) is 26.6 Å². The molecule has 13 heteroatoms. The number of hydrazone groups is 1. The molecule has 0 saturated carbocycles. The molecule has 4 aromatic carbocycles. The first-order valence-corrected chi connectivity index (χ1v) is 14.6. The van der Waals surface area contributed by atoms with Crippen molar-refractivity contribution < 1.29 is 33.3 Å². The van der Waals surface area contributed by atoms with E-state index in [0.717, 1.165) is 0 Å². The van der Waals surface area contributed by atoms with Crippen LogP contribution in [0.2, 0.25) is 5.02 Å². The highest BCUT2D eigenvalue weighted by Gasteiger charge is 2.18. The molecule has 4 aromatic rings. The van der Waals surface area contributed by atoms with Gasteiger partial charge in [-0.25, -0.2) is 10.2 Å². The standard InChI is InChI=1S/C31H24Br2ClN3O7/c1-41-25-13-19(14-26(42-2)28(25)43-3)29(38)36-23-6-4-5-18(12-23)30(39)37-35-16-20-11-21(32)15-24(33)27(20)44-31(40)17-7-9-22(34)10-8-17/h4-16H,1-3H3,(H,36,38)(H,37,39). The molecule has 0 radical (unpaired) electrons. The largest absolute Gasteiger partial charge is 0.493 e. The highest BCUT2D eigenvalue weighted by Crippen LogP contribution is 2.38. The summed E-state index contributed by atoms with van der Waals surface area (Å²) in [5.41, 5.74) is 4.01. The Labute approximate surface area is 274 Å². The van der Waals surface area contributed by atoms with E-state index in [1.54, 1.807) is 54.6 Å². The molecule has 2 amide bonds. The molecule has 44 heavy (non-hydrogen) atoms. The van der Waals surface area contributed by atoms with Gasteiger partial charge >= 0.3 is 5.97 Å². The van der Waals surface area contributed by atoms with Crippen LogP contribution in [0.5, 0.6) is 23.0 Å². The number of benzene rings is 4. The number of methoxy groups -OCH3 is 3. The molecule has 0 aliphatic rings. The van der Waals surface area contributed by atoms with E-state index in [1.807, 2.05) is 0 Å². The molecule has 10 nitrogen and oxygen atoms in total. The first-order valence-electron chi connectivity index (χ1n) is 12.6. The van der Waals surface area contributed by atoms with Gasteiger partial charge < -0.3 is 24.3 Å². The van der Waals surface area contributed by atoms with E-state index in [4.69, 9.17) is 30.5 Å². The third-order valence-corrected chi connectivity index (χ3v) is 7.29. The van der Waals surface area contributed by atoms with Gasteiger partial charge in [0.05, 0.1) is 37.6 Å². The maximum absolute atomic E-state index is 13.0. The van der Waals surface area contributed by atoms with Crippen LogP contribution in [0.4, 0.5) is 5.69 Å². The molecule has 0 aliphatic heterocycles. The molecule has 0 saturated heterocycles. The van der Waals surface area contributed by atoms with Crippen molar-refractivity contribution in [3.05, 3.63) is 109 Å². The fourth-order valence-corrected chi connectivity index (χ4v) is 5.37. The Hall–Kier alpha value is -4.39. The number of hydrogen-bond acceptors (Lipinski definition) is 8. The van der Waals surface area contributed by atoms with E-state index < -0.39 is 17.8 Å². The van der Waals surface area contributed by atoms with E-state index in [1.165, 1.54) is 45.7 Å². The van der Waals surface area contributed by atoms with E-state index >= 15 is 0 Å². The summed E-state index contributed by atoms with van der Waals surface area (Å²) in [7, 11) is 4.37. The SMILES string of the molecule is COc1cc(C(=O)Nc2cccc(C(=O)NN=Cc3cc(Br)cc(Br)c3OC(=O)c3ccc(Cl)cc3)c2)cc(OC)c1OC. The van der Waals surface area contributed by atoms with Crippen LogP contribution in [-0.2, 0) is 0 Å². The summed E-state index contributed by atoms with van der Waals surface area (Å²) in [5.74, 6) is -0.407. The minimum Gasteiger partial charge on any atom is -0.493 e. The Morgan fingerprint density at radius 3 is 2.09 bits per heavy atom. The van der Waals surface area contributed by atoms with Crippen molar-refractivity contribution >= 4 is 73.1 Å². The lowest BCUT2D eigenvalue weighted by atomic mass is 10.1. The molecule has 0 fully saturated rings. The van der Waals surface area contributed by atoms with Gasteiger partial charge in [0.15, 0.2) is 17.2 Å². The van der Waals surface area contributed by atoms with Crippen LogP contribution in [0, 0.1) is 0 Å². The number of carbonyl (C=O) groups excluding carboxylic acids is 3. The summed E-state index contributed by atoms with van der Waals surface area (Å²) in [4.78, 5) is 38.6. The predicted octanol–water partition coefficient (Wildman–Crippen LogP) is 7.13. The van der Waals surface area contributed by atoms with Crippen LogP contribution in [0.3, 0.4) is 0 Å². The van der Waals surface area contributed by atoms with E-state index in [9.17, 15) is 14.4 Å². The number of halogens is 3. The zero-order valence-corrected chi connectivity index (χ0v) is 27.4. The van der Waals surface area contributed by atoms with E-state index in [0.29, 0.717) is 48.0 Å². The summed E-state index contributed by atoms with van der Waals surface area (Å²) < 4.78 is 22.7. The zero-order chi connectivity index (χ0) is 31.8. The first-order chi connectivity index (χ1) is 21.1. The normalized spacial score (nSPS) is 10.7. The maximum atomic E-state index is 13.0. The molecule has 4 rings (SSSR count). The van der Waals surface area contributed by atoms with Crippen LogP contribution in [0.1, 0.15) is 36.6 Å². The van der Waals surface area contributed by atoms with Gasteiger partial charge in [0.2, 0.25) is 5.75 Å². The van der Waals surface area contributed by atoms with Gasteiger partial charge in [0.1, 0.15) is 0 Å². The summed E-state index contributed by atoms with van der Waals surface area (Å²) in [6.45, 7) is 0. The molecular weight excluding hydrogens is 722 g/mol. The molecular formula is C31H24Br2ClN3O7. The van der Waals surface area contributed by atoms with Crippen LogP contribution in [0.15, 0.2) is 86.8 Å². The number of carbonyl (C=O) groups is 3. The summed E-state index contributed by atoms with van der Waals surface area (Å²) in [6.07, 6.45) is 1.34. The van der Waals surface area contributed by atoms with Gasteiger partial charge in [-0.2, -0.15) is 5.10 Å². The molecule has 0 aliphatic carbocycles. The fraction of sp³-hybridized carbons (Fsp3) is 0.0968. The fourth-order valence-electron chi connectivity index (χ4n) is 3.90. The lowest BCUT2D eigenvalue weighted by Crippen LogP contribution is -2.18. The Kier molecular flexibility index (Phi) is 11.0. The van der Waals surface area contributed by atoms with E-state index in [-0.39, 0.29) is 16.9 Å². The first kappa shape index (κ1) is 32.5. The summed E-state index contributed by atoms with van der Waals surface area (Å²) >= 11 is 12.7. The third-order valence-electron chi connectivity index (χ3n) is 5.99. The lowest BCUT2D eigenvalue weighted by Gasteiger charge is -2.14. The molecule has 0 aromatic heterocycles. The van der Waals surface area contributed by atoms with Crippen molar-refractivity contribution in [1.82, 2.24) is 5.43 Å². The van der Waals surface area contributed by atoms with Crippen LogP contribution in [0.25, 0.3) is 0 Å².